The Morgan fingerprint density at radius 3 is 2.91 bits per heavy atom. The van der Waals surface area contributed by atoms with Crippen molar-refractivity contribution in [2.24, 2.45) is 0 Å². The maximum Gasteiger partial charge on any atom is 0.244 e. The molecule has 1 saturated heterocycles. The van der Waals surface area contributed by atoms with Crippen molar-refractivity contribution in [3.8, 4) is 0 Å². The van der Waals surface area contributed by atoms with Crippen LogP contribution in [0.4, 0.5) is 5.82 Å². The molecule has 0 radical (unpaired) electrons. The predicted octanol–water partition coefficient (Wildman–Crippen LogP) is 2.41. The van der Waals surface area contributed by atoms with Gasteiger partial charge in [0.05, 0.1) is 0 Å². The summed E-state index contributed by atoms with van der Waals surface area (Å²) in [6, 6.07) is 7.73. The standard InChI is InChI=1S/C18H20N4O/c23-18(6-5-15-4-3-8-19-13-15)21-14-16-7-9-20-17(12-16)22-10-1-2-11-22/h3-9,12-13H,1-2,10-11,14H2,(H,21,23)/b6-5+. The third-order valence-electron chi connectivity index (χ3n) is 3.82. The van der Waals surface area contributed by atoms with Crippen molar-refractivity contribution in [3.63, 3.8) is 0 Å². The maximum atomic E-state index is 11.9. The lowest BCUT2D eigenvalue weighted by molar-refractivity contribution is -0.116. The maximum absolute atomic E-state index is 11.9. The Morgan fingerprint density at radius 1 is 1.26 bits per heavy atom. The molecule has 23 heavy (non-hydrogen) atoms. The van der Waals surface area contributed by atoms with Crippen LogP contribution in [0.2, 0.25) is 0 Å². The van der Waals surface area contributed by atoms with Gasteiger partial charge < -0.3 is 10.2 Å². The van der Waals surface area contributed by atoms with E-state index in [9.17, 15) is 4.79 Å². The highest BCUT2D eigenvalue weighted by Crippen LogP contribution is 2.18. The number of nitrogens with zero attached hydrogens (tertiary/aromatic N) is 3. The van der Waals surface area contributed by atoms with Gasteiger partial charge in [0, 0.05) is 44.3 Å². The van der Waals surface area contributed by atoms with E-state index >= 15 is 0 Å². The summed E-state index contributed by atoms with van der Waals surface area (Å²) >= 11 is 0. The van der Waals surface area contributed by atoms with Gasteiger partial charge in [0.1, 0.15) is 5.82 Å². The van der Waals surface area contributed by atoms with E-state index in [1.165, 1.54) is 18.9 Å². The highest BCUT2D eigenvalue weighted by atomic mass is 16.1. The van der Waals surface area contributed by atoms with Crippen molar-refractivity contribution < 1.29 is 4.79 Å². The largest absolute Gasteiger partial charge is 0.357 e. The molecule has 2 aromatic heterocycles. The second kappa shape index (κ2) is 7.54. The van der Waals surface area contributed by atoms with E-state index in [2.05, 4.69) is 26.3 Å². The molecule has 1 N–H and O–H groups in total. The van der Waals surface area contributed by atoms with E-state index in [1.807, 2.05) is 18.2 Å². The Hall–Kier alpha value is -2.69. The van der Waals surface area contributed by atoms with Crippen molar-refractivity contribution >= 4 is 17.8 Å². The van der Waals surface area contributed by atoms with Crippen LogP contribution in [-0.2, 0) is 11.3 Å². The van der Waals surface area contributed by atoms with Crippen LogP contribution in [0, 0.1) is 0 Å². The van der Waals surface area contributed by atoms with Crippen LogP contribution in [0.1, 0.15) is 24.0 Å². The van der Waals surface area contributed by atoms with E-state index in [4.69, 9.17) is 0 Å². The summed E-state index contributed by atoms with van der Waals surface area (Å²) in [5.74, 6) is 0.883. The molecule has 0 saturated carbocycles. The molecule has 0 aliphatic carbocycles. The van der Waals surface area contributed by atoms with Crippen molar-refractivity contribution in [1.82, 2.24) is 15.3 Å². The van der Waals surface area contributed by atoms with E-state index in [0.29, 0.717) is 6.54 Å². The zero-order valence-corrected chi connectivity index (χ0v) is 13.0. The van der Waals surface area contributed by atoms with Crippen LogP contribution >= 0.6 is 0 Å². The van der Waals surface area contributed by atoms with E-state index in [1.54, 1.807) is 24.7 Å². The first kappa shape index (κ1) is 15.2. The summed E-state index contributed by atoms with van der Waals surface area (Å²) in [5, 5.41) is 2.89. The summed E-state index contributed by atoms with van der Waals surface area (Å²) in [4.78, 5) is 22.6. The van der Waals surface area contributed by atoms with Gasteiger partial charge in [0.15, 0.2) is 0 Å². The number of amides is 1. The normalized spacial score (nSPS) is 14.3. The Kier molecular flexibility index (Phi) is 4.99. The molecule has 0 unspecified atom stereocenters. The highest BCUT2D eigenvalue weighted by Gasteiger charge is 2.13. The summed E-state index contributed by atoms with van der Waals surface area (Å²) in [5.41, 5.74) is 1.97. The van der Waals surface area contributed by atoms with E-state index < -0.39 is 0 Å². The van der Waals surface area contributed by atoms with E-state index in [-0.39, 0.29) is 5.91 Å². The van der Waals surface area contributed by atoms with Gasteiger partial charge >= 0.3 is 0 Å². The predicted molar refractivity (Wildman–Crippen MR) is 90.8 cm³/mol. The smallest absolute Gasteiger partial charge is 0.244 e. The molecule has 3 heterocycles. The molecule has 1 aliphatic heterocycles. The lowest BCUT2D eigenvalue weighted by Gasteiger charge is -2.16. The molecule has 0 aromatic carbocycles. The van der Waals surface area contributed by atoms with Crippen LogP contribution in [-0.4, -0.2) is 29.0 Å². The highest BCUT2D eigenvalue weighted by molar-refractivity contribution is 5.91. The molecule has 0 atom stereocenters. The molecule has 5 nitrogen and oxygen atoms in total. The van der Waals surface area contributed by atoms with Gasteiger partial charge in [-0.05, 0) is 48.2 Å². The molecular weight excluding hydrogens is 288 g/mol. The van der Waals surface area contributed by atoms with Crippen molar-refractivity contribution in [3.05, 3.63) is 60.1 Å². The Balaban J connectivity index is 1.54. The van der Waals surface area contributed by atoms with Gasteiger partial charge in [-0.2, -0.15) is 0 Å². The molecule has 0 bridgehead atoms. The molecule has 118 valence electrons. The lowest BCUT2D eigenvalue weighted by atomic mass is 10.2. The number of rotatable bonds is 5. The molecule has 1 fully saturated rings. The average molecular weight is 308 g/mol. The molecule has 3 rings (SSSR count). The zero-order chi connectivity index (χ0) is 15.9. The molecule has 1 aliphatic rings. The monoisotopic (exact) mass is 308 g/mol. The van der Waals surface area contributed by atoms with Gasteiger partial charge in [-0.25, -0.2) is 4.98 Å². The minimum Gasteiger partial charge on any atom is -0.357 e. The zero-order valence-electron chi connectivity index (χ0n) is 13.0. The number of carbonyl (C=O) groups excluding carboxylic acids is 1. The Labute approximate surface area is 136 Å². The summed E-state index contributed by atoms with van der Waals surface area (Å²) in [7, 11) is 0. The minimum absolute atomic E-state index is 0.117. The first-order valence-corrected chi connectivity index (χ1v) is 7.87. The summed E-state index contributed by atoms with van der Waals surface area (Å²) in [6.45, 7) is 2.63. The van der Waals surface area contributed by atoms with Crippen molar-refractivity contribution in [1.29, 1.82) is 0 Å². The molecule has 1 amide bonds. The number of anilines is 1. The van der Waals surface area contributed by atoms with Gasteiger partial charge in [-0.15, -0.1) is 0 Å². The van der Waals surface area contributed by atoms with Crippen LogP contribution in [0.25, 0.3) is 6.08 Å². The first-order valence-electron chi connectivity index (χ1n) is 7.87. The van der Waals surface area contributed by atoms with Crippen LogP contribution < -0.4 is 10.2 Å². The molecule has 0 spiro atoms. The quantitative estimate of drug-likeness (QED) is 0.862. The summed E-state index contributed by atoms with van der Waals surface area (Å²) < 4.78 is 0. The third-order valence-corrected chi connectivity index (χ3v) is 3.82. The first-order chi connectivity index (χ1) is 11.3. The van der Waals surface area contributed by atoms with Crippen molar-refractivity contribution in [2.75, 3.05) is 18.0 Å². The fourth-order valence-electron chi connectivity index (χ4n) is 2.58. The van der Waals surface area contributed by atoms with Gasteiger partial charge in [-0.1, -0.05) is 6.07 Å². The number of hydrogen-bond acceptors (Lipinski definition) is 4. The number of hydrogen-bond donors (Lipinski definition) is 1. The Morgan fingerprint density at radius 2 is 2.13 bits per heavy atom. The fourth-order valence-corrected chi connectivity index (χ4v) is 2.58. The van der Waals surface area contributed by atoms with Gasteiger partial charge in [0.25, 0.3) is 0 Å². The Bertz CT molecular complexity index is 678. The average Bonchev–Trinajstić information content (AvgIpc) is 3.14. The fraction of sp³-hybridized carbons (Fsp3) is 0.278. The van der Waals surface area contributed by atoms with Crippen molar-refractivity contribution in [2.45, 2.75) is 19.4 Å². The van der Waals surface area contributed by atoms with Gasteiger partial charge in [0.2, 0.25) is 5.91 Å². The number of carbonyl (C=O) groups is 1. The SMILES string of the molecule is O=C(/C=C/c1cccnc1)NCc1ccnc(N2CCCC2)c1. The summed E-state index contributed by atoms with van der Waals surface area (Å²) in [6.07, 6.45) is 11.0. The van der Waals surface area contributed by atoms with Crippen LogP contribution in [0.5, 0.6) is 0 Å². The topological polar surface area (TPSA) is 58.1 Å². The molecular formula is C18H20N4O. The van der Waals surface area contributed by atoms with Gasteiger partial charge in [-0.3, -0.25) is 9.78 Å². The number of nitrogens with one attached hydrogen (secondary N) is 1. The third kappa shape index (κ3) is 4.39. The second-order valence-corrected chi connectivity index (χ2v) is 5.55. The molecule has 5 heteroatoms. The minimum atomic E-state index is -0.117. The van der Waals surface area contributed by atoms with Crippen LogP contribution in [0.15, 0.2) is 48.9 Å². The van der Waals surface area contributed by atoms with Crippen LogP contribution in [0.3, 0.4) is 0 Å². The molecule has 2 aromatic rings. The number of aromatic nitrogens is 2. The lowest BCUT2D eigenvalue weighted by Crippen LogP contribution is -2.22. The number of pyridine rings is 2. The van der Waals surface area contributed by atoms with E-state index in [0.717, 1.165) is 30.0 Å². The second-order valence-electron chi connectivity index (χ2n) is 5.55.